The Kier molecular flexibility index (Phi) is 36.8. The molecule has 0 spiro atoms. The van der Waals surface area contributed by atoms with E-state index >= 15 is 0 Å². The number of phosphoric acid groups is 2. The van der Waals surface area contributed by atoms with Crippen molar-refractivity contribution in [2.24, 2.45) is 0 Å². The van der Waals surface area contributed by atoms with Gasteiger partial charge < -0.3 is 45.1 Å². The van der Waals surface area contributed by atoms with Crippen LogP contribution in [0.15, 0.2) is 126 Å². The van der Waals surface area contributed by atoms with Gasteiger partial charge in [0, 0.05) is 25.6 Å². The van der Waals surface area contributed by atoms with Crippen molar-refractivity contribution in [2.75, 3.05) is 32.2 Å². The summed E-state index contributed by atoms with van der Waals surface area (Å²) in [6.07, 6.45) is 46.1. The molecule has 0 amide bonds. The van der Waals surface area contributed by atoms with Crippen LogP contribution >= 0.6 is 15.6 Å². The van der Waals surface area contributed by atoms with Gasteiger partial charge in [0.2, 0.25) is 0 Å². The number of carbonyl (C=O) groups is 2. The highest BCUT2D eigenvalue weighted by Crippen LogP contribution is 2.60. The van der Waals surface area contributed by atoms with Gasteiger partial charge in [-0.3, -0.25) is 23.2 Å². The van der Waals surface area contributed by atoms with Gasteiger partial charge in [0.25, 0.3) is 0 Å². The average molecular weight is 1090 g/mol. The maximum Gasteiger partial charge on any atom is 0.481 e. The van der Waals surface area contributed by atoms with Gasteiger partial charge in [-0.25, -0.2) is 13.9 Å². The van der Waals surface area contributed by atoms with Crippen LogP contribution < -0.4 is 11.4 Å². The van der Waals surface area contributed by atoms with Crippen molar-refractivity contribution in [3.63, 3.8) is 0 Å². The van der Waals surface area contributed by atoms with Gasteiger partial charge in [-0.1, -0.05) is 129 Å². The zero-order valence-corrected chi connectivity index (χ0v) is 45.3. The fraction of sp³-hybridized carbons (Fsp3) is 0.556. The standard InChI is InChI=1S/C54H83N3O16P2/c1-2-3-4-5-6-7-8-9-10-11-12-14-18-21-24-27-30-33-36-39-50(60)71-46(43-68-49(59)38-35-32-29-26-23-20-17-15-13-16-19-22-25-28-31-34-37-42-58)44-69-74(64,65)73-75(66,67)70-45-47-51(61)52(62)53(72-47)57-41-40-48(55)56-54(57)63/h3-4,6-7,9-10,12-14,16-17,20-22,24-26,29,40-41,46-47,51-53,58,61-62H,2,5,8,11,15,18-19,23,27-28,30-39,42-45H2,1H3,(H,64,65)(H,66,67)(H2,55,56,63)/b4-3-,7-6-,10-9-,14-12-,16-13-,20-17-,24-21-,25-22-,29-26-/t46-,47-,51-,52-,53-/m1/s1. The number of aliphatic hydroxyl groups excluding tert-OH is 3. The number of esters is 2. The Morgan fingerprint density at radius 3 is 1.67 bits per heavy atom. The molecule has 2 unspecified atom stereocenters. The van der Waals surface area contributed by atoms with Crippen molar-refractivity contribution in [3.05, 3.63) is 132 Å². The van der Waals surface area contributed by atoms with Crippen molar-refractivity contribution in [1.82, 2.24) is 9.55 Å². The number of nitrogens with zero attached hydrogens (tertiary/aromatic N) is 2. The second-order valence-corrected chi connectivity index (χ2v) is 20.4. The Hall–Kier alpha value is -4.62. The molecule has 1 aromatic rings. The van der Waals surface area contributed by atoms with Crippen molar-refractivity contribution < 1.29 is 71.4 Å². The van der Waals surface area contributed by atoms with Crippen molar-refractivity contribution in [1.29, 1.82) is 0 Å². The maximum absolute atomic E-state index is 12.9. The van der Waals surface area contributed by atoms with Crippen LogP contribution in [-0.2, 0) is 46.3 Å². The van der Waals surface area contributed by atoms with Gasteiger partial charge in [-0.2, -0.15) is 9.29 Å². The molecule has 75 heavy (non-hydrogen) atoms. The van der Waals surface area contributed by atoms with Crippen LogP contribution in [-0.4, -0.2) is 97.4 Å². The minimum Gasteiger partial charge on any atom is -0.462 e. The molecule has 19 nitrogen and oxygen atoms in total. The van der Waals surface area contributed by atoms with Crippen LogP contribution in [0.3, 0.4) is 0 Å². The molecule has 2 heterocycles. The topological polar surface area (TPSA) is 286 Å². The monoisotopic (exact) mass is 1090 g/mol. The van der Waals surface area contributed by atoms with E-state index in [-0.39, 0.29) is 25.3 Å². The highest BCUT2D eigenvalue weighted by atomic mass is 31.3. The molecule has 1 fully saturated rings. The summed E-state index contributed by atoms with van der Waals surface area (Å²) in [5.41, 5.74) is 4.58. The van der Waals surface area contributed by atoms with Crippen molar-refractivity contribution in [3.8, 4) is 0 Å². The van der Waals surface area contributed by atoms with Crippen LogP contribution in [0.25, 0.3) is 0 Å². The second-order valence-electron chi connectivity index (χ2n) is 17.4. The molecular formula is C54H83N3O16P2. The van der Waals surface area contributed by atoms with E-state index in [0.29, 0.717) is 25.7 Å². The third kappa shape index (κ3) is 33.9. The highest BCUT2D eigenvalue weighted by molar-refractivity contribution is 7.61. The van der Waals surface area contributed by atoms with E-state index in [9.17, 15) is 43.5 Å². The first kappa shape index (κ1) is 66.5. The number of ether oxygens (including phenoxy) is 3. The lowest BCUT2D eigenvalue weighted by molar-refractivity contribution is -0.161. The summed E-state index contributed by atoms with van der Waals surface area (Å²) in [4.78, 5) is 61.9. The molecule has 0 bridgehead atoms. The summed E-state index contributed by atoms with van der Waals surface area (Å²) in [6.45, 7) is -0.0554. The van der Waals surface area contributed by atoms with Gasteiger partial charge in [0.05, 0.1) is 13.2 Å². The number of nitrogens with two attached hydrogens (primary N) is 1. The summed E-state index contributed by atoms with van der Waals surface area (Å²) in [7, 11) is -10.9. The fourth-order valence-electron chi connectivity index (χ4n) is 6.90. The number of rotatable bonds is 42. The summed E-state index contributed by atoms with van der Waals surface area (Å²) in [6, 6.07) is 1.24. The van der Waals surface area contributed by atoms with Gasteiger partial charge in [0.15, 0.2) is 12.3 Å². The largest absolute Gasteiger partial charge is 0.481 e. The lowest BCUT2D eigenvalue weighted by atomic mass is 10.1. The van der Waals surface area contributed by atoms with E-state index in [1.807, 2.05) is 12.2 Å². The summed E-state index contributed by atoms with van der Waals surface area (Å²) in [5.74, 6) is -1.43. The molecule has 2 rings (SSSR count). The van der Waals surface area contributed by atoms with Gasteiger partial charge in [-0.05, 0) is 109 Å². The molecule has 0 aliphatic carbocycles. The number of nitrogen functional groups attached to an aromatic ring is 1. The molecule has 420 valence electrons. The van der Waals surface area contributed by atoms with Crippen molar-refractivity contribution in [2.45, 2.75) is 166 Å². The molecule has 0 radical (unpaired) electrons. The highest BCUT2D eigenvalue weighted by Gasteiger charge is 2.46. The average Bonchev–Trinajstić information content (AvgIpc) is 3.65. The Labute approximate surface area is 443 Å². The first-order chi connectivity index (χ1) is 36.2. The number of hydrogen-bond donors (Lipinski definition) is 6. The minimum absolute atomic E-state index is 0.0131. The SMILES string of the molecule is CC/C=C\C/C=C\C/C=C\C/C=C\C/C=C\CCCCCC(=O)O[C@H](COC(=O)CCC/C=C\C/C=C\C/C=C\C/C=C\CCCCCO)COP(=O)(O)OP(=O)(O)OC[C@H]1O[C@@H](n2ccc(N)nc2=O)[C@H](O)[C@@H]1O. The summed E-state index contributed by atoms with van der Waals surface area (Å²) < 4.78 is 56.7. The zero-order chi connectivity index (χ0) is 54.8. The fourth-order valence-corrected chi connectivity index (χ4v) is 9.01. The Bertz CT molecular complexity index is 2190. The first-order valence-corrected chi connectivity index (χ1v) is 29.0. The summed E-state index contributed by atoms with van der Waals surface area (Å²) >= 11 is 0. The zero-order valence-electron chi connectivity index (χ0n) is 43.5. The Morgan fingerprint density at radius 2 is 1.15 bits per heavy atom. The number of anilines is 1. The van der Waals surface area contributed by atoms with E-state index in [0.717, 1.165) is 101 Å². The number of carbonyl (C=O) groups excluding carboxylic acids is 2. The number of phosphoric ester groups is 2. The first-order valence-electron chi connectivity index (χ1n) is 26.0. The lowest BCUT2D eigenvalue weighted by Crippen LogP contribution is -2.36. The molecule has 1 aliphatic rings. The molecule has 21 heteroatoms. The van der Waals surface area contributed by atoms with E-state index in [4.69, 9.17) is 34.1 Å². The lowest BCUT2D eigenvalue weighted by Gasteiger charge is -2.21. The smallest absolute Gasteiger partial charge is 0.462 e. The predicted molar refractivity (Wildman–Crippen MR) is 290 cm³/mol. The van der Waals surface area contributed by atoms with Crippen LogP contribution in [0, 0.1) is 0 Å². The van der Waals surface area contributed by atoms with Crippen LogP contribution in [0.5, 0.6) is 0 Å². The number of aromatic nitrogens is 2. The molecular weight excluding hydrogens is 1010 g/mol. The van der Waals surface area contributed by atoms with E-state index < -0.39 is 83.7 Å². The third-order valence-corrected chi connectivity index (χ3v) is 13.5. The van der Waals surface area contributed by atoms with Gasteiger partial charge in [-0.15, -0.1) is 0 Å². The number of aliphatic hydroxyl groups is 3. The number of unbranched alkanes of at least 4 members (excludes halogenated alkanes) is 7. The van der Waals surface area contributed by atoms with E-state index in [2.05, 4.69) is 113 Å². The second kappa shape index (κ2) is 41.5. The number of allylic oxidation sites excluding steroid dienone is 18. The van der Waals surface area contributed by atoms with Crippen LogP contribution in [0.4, 0.5) is 5.82 Å². The molecule has 0 saturated carbocycles. The molecule has 7 N–H and O–H groups in total. The minimum atomic E-state index is -5.45. The molecule has 0 aromatic carbocycles. The van der Waals surface area contributed by atoms with Crippen LogP contribution in [0.2, 0.25) is 0 Å². The van der Waals surface area contributed by atoms with Crippen LogP contribution in [0.1, 0.15) is 142 Å². The van der Waals surface area contributed by atoms with Crippen molar-refractivity contribution >= 4 is 33.4 Å². The predicted octanol–water partition coefficient (Wildman–Crippen LogP) is 9.97. The molecule has 7 atom stereocenters. The number of hydrogen-bond acceptors (Lipinski definition) is 16. The molecule has 1 saturated heterocycles. The van der Waals surface area contributed by atoms with E-state index in [1.165, 1.54) is 6.07 Å². The quantitative estimate of drug-likeness (QED) is 0.0154. The maximum atomic E-state index is 12.9. The molecule has 1 aliphatic heterocycles. The van der Waals surface area contributed by atoms with E-state index in [1.54, 1.807) is 0 Å². The Balaban J connectivity index is 1.84. The van der Waals surface area contributed by atoms with Gasteiger partial charge in [0.1, 0.15) is 30.7 Å². The molecule has 1 aromatic heterocycles. The normalized spacial score (nSPS) is 19.7. The Morgan fingerprint density at radius 1 is 0.667 bits per heavy atom. The van der Waals surface area contributed by atoms with Gasteiger partial charge >= 0.3 is 33.3 Å². The third-order valence-electron chi connectivity index (χ3n) is 10.9. The summed E-state index contributed by atoms with van der Waals surface area (Å²) in [5, 5.41) is 29.8.